The Hall–Kier alpha value is -0.900. The second-order valence-electron chi connectivity index (χ2n) is 2.33. The van der Waals surface area contributed by atoms with Gasteiger partial charge in [0, 0.05) is 6.42 Å². The monoisotopic (exact) mass is 159 g/mol. The van der Waals surface area contributed by atoms with Gasteiger partial charge in [0.2, 0.25) is 0 Å². The quantitative estimate of drug-likeness (QED) is 0.579. The zero-order valence-electron chi connectivity index (χ0n) is 6.79. The first kappa shape index (κ1) is 10.1. The highest BCUT2D eigenvalue weighted by Crippen LogP contribution is 1.95. The number of hydrogen-bond acceptors (Lipinski definition) is 4. The number of ketones is 1. The Morgan fingerprint density at radius 1 is 1.45 bits per heavy atom. The molecular formula is C7H13NO3. The summed E-state index contributed by atoms with van der Waals surface area (Å²) in [4.78, 5) is 21.4. The lowest BCUT2D eigenvalue weighted by Gasteiger charge is -2.01. The normalized spacial score (nSPS) is 12.3. The summed E-state index contributed by atoms with van der Waals surface area (Å²) in [6, 6.07) is -0.486. The molecule has 0 aliphatic carbocycles. The maximum absolute atomic E-state index is 10.8. The third-order valence-corrected chi connectivity index (χ3v) is 1.31. The van der Waals surface area contributed by atoms with Crippen LogP contribution in [0.5, 0.6) is 0 Å². The number of rotatable bonds is 4. The van der Waals surface area contributed by atoms with E-state index in [1.54, 1.807) is 6.92 Å². The molecule has 0 saturated heterocycles. The summed E-state index contributed by atoms with van der Waals surface area (Å²) in [5.41, 5.74) is 5.26. The summed E-state index contributed by atoms with van der Waals surface area (Å²) in [7, 11) is 1.29. The second kappa shape index (κ2) is 4.85. The number of esters is 1. The van der Waals surface area contributed by atoms with E-state index in [9.17, 15) is 9.59 Å². The number of hydrogen-bond donors (Lipinski definition) is 1. The average Bonchev–Trinajstić information content (AvgIpc) is 1.99. The van der Waals surface area contributed by atoms with Crippen LogP contribution in [0.1, 0.15) is 19.8 Å². The Morgan fingerprint density at radius 2 is 2.00 bits per heavy atom. The van der Waals surface area contributed by atoms with Gasteiger partial charge < -0.3 is 10.5 Å². The predicted molar refractivity (Wildman–Crippen MR) is 39.9 cm³/mol. The fourth-order valence-electron chi connectivity index (χ4n) is 0.555. The molecule has 0 heterocycles. The van der Waals surface area contributed by atoms with Crippen LogP contribution < -0.4 is 5.73 Å². The minimum Gasteiger partial charge on any atom is -0.469 e. The first-order valence-electron chi connectivity index (χ1n) is 3.43. The van der Waals surface area contributed by atoms with Gasteiger partial charge in [-0.1, -0.05) is 0 Å². The van der Waals surface area contributed by atoms with Crippen LogP contribution in [0, 0.1) is 0 Å². The van der Waals surface area contributed by atoms with Crippen LogP contribution in [0.2, 0.25) is 0 Å². The van der Waals surface area contributed by atoms with Crippen molar-refractivity contribution in [2.24, 2.45) is 5.73 Å². The summed E-state index contributed by atoms with van der Waals surface area (Å²) in [6.45, 7) is 1.60. The summed E-state index contributed by atoms with van der Waals surface area (Å²) < 4.78 is 4.35. The number of ether oxygens (including phenoxy) is 1. The van der Waals surface area contributed by atoms with Gasteiger partial charge in [-0.25, -0.2) is 0 Å². The molecule has 2 N–H and O–H groups in total. The average molecular weight is 159 g/mol. The Balaban J connectivity index is 3.54. The molecule has 0 spiro atoms. The molecular weight excluding hydrogens is 146 g/mol. The van der Waals surface area contributed by atoms with Crippen LogP contribution >= 0.6 is 0 Å². The number of methoxy groups -OCH3 is 1. The summed E-state index contributed by atoms with van der Waals surface area (Å²) in [6.07, 6.45) is 0.293. The lowest BCUT2D eigenvalue weighted by molar-refractivity contribution is -0.142. The summed E-state index contributed by atoms with van der Waals surface area (Å²) >= 11 is 0. The number of carbonyl (C=O) groups excluding carboxylic acids is 2. The highest BCUT2D eigenvalue weighted by molar-refractivity contribution is 5.86. The highest BCUT2D eigenvalue weighted by Gasteiger charge is 2.09. The molecule has 0 aromatic heterocycles. The molecule has 4 heteroatoms. The van der Waals surface area contributed by atoms with Crippen LogP contribution in [0.4, 0.5) is 0 Å². The maximum Gasteiger partial charge on any atom is 0.305 e. The molecule has 0 unspecified atom stereocenters. The largest absolute Gasteiger partial charge is 0.469 e. The molecule has 11 heavy (non-hydrogen) atoms. The van der Waals surface area contributed by atoms with Gasteiger partial charge >= 0.3 is 5.97 Å². The Kier molecular flexibility index (Phi) is 4.45. The zero-order valence-corrected chi connectivity index (χ0v) is 6.79. The first-order chi connectivity index (χ1) is 5.07. The first-order valence-corrected chi connectivity index (χ1v) is 3.43. The van der Waals surface area contributed by atoms with Crippen molar-refractivity contribution in [1.29, 1.82) is 0 Å². The summed E-state index contributed by atoms with van der Waals surface area (Å²) in [5.74, 6) is -0.491. The Bertz CT molecular complexity index is 154. The van der Waals surface area contributed by atoms with E-state index in [1.165, 1.54) is 7.11 Å². The van der Waals surface area contributed by atoms with Crippen LogP contribution in [0.3, 0.4) is 0 Å². The fraction of sp³-hybridized carbons (Fsp3) is 0.714. The van der Waals surface area contributed by atoms with E-state index >= 15 is 0 Å². The minimum atomic E-state index is -0.486. The van der Waals surface area contributed by atoms with Gasteiger partial charge in [-0.15, -0.1) is 0 Å². The van der Waals surface area contributed by atoms with Crippen molar-refractivity contribution < 1.29 is 14.3 Å². The van der Waals surface area contributed by atoms with E-state index in [-0.39, 0.29) is 24.6 Å². The Labute approximate surface area is 65.7 Å². The highest BCUT2D eigenvalue weighted by atomic mass is 16.5. The van der Waals surface area contributed by atoms with E-state index in [1.807, 2.05) is 0 Å². The van der Waals surface area contributed by atoms with Gasteiger partial charge in [-0.2, -0.15) is 0 Å². The molecule has 0 fully saturated rings. The standard InChI is InChI=1S/C7H13NO3/c1-5(8)6(9)3-4-7(10)11-2/h5H,3-4,8H2,1-2H3/t5-/m1/s1. The van der Waals surface area contributed by atoms with Crippen molar-refractivity contribution in [3.05, 3.63) is 0 Å². The van der Waals surface area contributed by atoms with Crippen LogP contribution in [-0.2, 0) is 14.3 Å². The van der Waals surface area contributed by atoms with Gasteiger partial charge in [-0.3, -0.25) is 9.59 Å². The Morgan fingerprint density at radius 3 is 2.36 bits per heavy atom. The van der Waals surface area contributed by atoms with Crippen LogP contribution in [0.25, 0.3) is 0 Å². The van der Waals surface area contributed by atoms with Gasteiger partial charge in [0.25, 0.3) is 0 Å². The lowest BCUT2D eigenvalue weighted by Crippen LogP contribution is -2.26. The SMILES string of the molecule is COC(=O)CCC(=O)[C@@H](C)N. The zero-order chi connectivity index (χ0) is 8.85. The van der Waals surface area contributed by atoms with Crippen molar-refractivity contribution in [2.45, 2.75) is 25.8 Å². The van der Waals surface area contributed by atoms with Crippen molar-refractivity contribution in [3.8, 4) is 0 Å². The topological polar surface area (TPSA) is 69.4 Å². The maximum atomic E-state index is 10.8. The molecule has 0 radical (unpaired) electrons. The third kappa shape index (κ3) is 4.50. The number of Topliss-reactive ketones (excluding diaryl/α,β-unsaturated/α-hetero) is 1. The molecule has 0 aliphatic heterocycles. The number of carbonyl (C=O) groups is 2. The number of nitrogens with two attached hydrogens (primary N) is 1. The van der Waals surface area contributed by atoms with Crippen molar-refractivity contribution >= 4 is 11.8 Å². The van der Waals surface area contributed by atoms with Crippen LogP contribution in [0.15, 0.2) is 0 Å². The molecule has 0 aromatic carbocycles. The van der Waals surface area contributed by atoms with E-state index in [0.717, 1.165) is 0 Å². The van der Waals surface area contributed by atoms with E-state index < -0.39 is 6.04 Å². The van der Waals surface area contributed by atoms with Gasteiger partial charge in [0.15, 0.2) is 0 Å². The predicted octanol–water partition coefficient (Wildman–Crippen LogP) is -0.144. The minimum absolute atomic E-state index is 0.115. The van der Waals surface area contributed by atoms with Crippen LogP contribution in [-0.4, -0.2) is 24.9 Å². The van der Waals surface area contributed by atoms with E-state index in [4.69, 9.17) is 5.73 Å². The molecule has 64 valence electrons. The molecule has 4 nitrogen and oxygen atoms in total. The molecule has 0 saturated carbocycles. The van der Waals surface area contributed by atoms with E-state index in [2.05, 4.69) is 4.74 Å². The molecule has 0 aromatic rings. The smallest absolute Gasteiger partial charge is 0.305 e. The van der Waals surface area contributed by atoms with Gasteiger partial charge in [0.05, 0.1) is 19.6 Å². The van der Waals surface area contributed by atoms with Gasteiger partial charge in [0.1, 0.15) is 5.78 Å². The molecule has 0 bridgehead atoms. The summed E-state index contributed by atoms with van der Waals surface area (Å²) in [5, 5.41) is 0. The third-order valence-electron chi connectivity index (χ3n) is 1.31. The van der Waals surface area contributed by atoms with E-state index in [0.29, 0.717) is 0 Å². The lowest BCUT2D eigenvalue weighted by atomic mass is 10.1. The van der Waals surface area contributed by atoms with Crippen molar-refractivity contribution in [2.75, 3.05) is 7.11 Å². The molecule has 1 atom stereocenters. The fourth-order valence-corrected chi connectivity index (χ4v) is 0.555. The molecule has 0 amide bonds. The molecule has 0 rings (SSSR count). The van der Waals surface area contributed by atoms with Gasteiger partial charge in [-0.05, 0) is 6.92 Å². The van der Waals surface area contributed by atoms with Crippen molar-refractivity contribution in [1.82, 2.24) is 0 Å². The second-order valence-corrected chi connectivity index (χ2v) is 2.33. The van der Waals surface area contributed by atoms with Crippen molar-refractivity contribution in [3.63, 3.8) is 0 Å². The molecule has 0 aliphatic rings.